The number of hydrogen-bond donors (Lipinski definition) is 2. The minimum atomic E-state index is -1.25. The van der Waals surface area contributed by atoms with Gasteiger partial charge in [0.25, 0.3) is 0 Å². The number of quaternary nitrogens is 1. The Morgan fingerprint density at radius 2 is 1.76 bits per heavy atom. The largest absolute Gasteiger partial charge is 0.508 e. The highest BCUT2D eigenvalue weighted by Crippen LogP contribution is 2.45. The molecule has 4 atom stereocenters. The van der Waals surface area contributed by atoms with E-state index in [1.165, 1.54) is 14.2 Å². The van der Waals surface area contributed by atoms with Crippen LogP contribution < -0.4 is 5.32 Å². The first kappa shape index (κ1) is 19.1. The number of fused-ring (bicyclic) bond motifs is 1. The van der Waals surface area contributed by atoms with Gasteiger partial charge >= 0.3 is 5.97 Å². The lowest BCUT2D eigenvalue weighted by molar-refractivity contribution is -0.734. The van der Waals surface area contributed by atoms with Gasteiger partial charge in [-0.2, -0.15) is 0 Å². The number of imide groups is 1. The summed E-state index contributed by atoms with van der Waals surface area (Å²) < 4.78 is 5.15. The Bertz CT molecular complexity index is 959. The Kier molecular flexibility index (Phi) is 4.62. The molecule has 2 aliphatic heterocycles. The van der Waals surface area contributed by atoms with Gasteiger partial charge in [0.2, 0.25) is 17.4 Å². The first-order valence-electron chi connectivity index (χ1n) is 9.48. The molecule has 0 unspecified atom stereocenters. The Balaban J connectivity index is 1.85. The Labute approximate surface area is 168 Å². The molecule has 2 aliphatic rings. The van der Waals surface area contributed by atoms with Crippen molar-refractivity contribution in [3.63, 3.8) is 0 Å². The number of carbonyl (C=O) groups excluding carboxylic acids is 3. The van der Waals surface area contributed by atoms with Crippen molar-refractivity contribution in [2.45, 2.75) is 18.0 Å². The standard InChI is InChI=1S/C22H22N2O5/c1-24-19(26)16-17(20(24)27)22(21(28)29-2,12-13-6-4-3-5-7-13)23-18(16)14-8-10-15(25)11-9-14/h3-11,16-18,23,25H,12H2,1-2H3/p+1/t16-,17+,18+,22-/m1/s1. The number of nitrogens with two attached hydrogens (primary N) is 1. The Hall–Kier alpha value is -3.19. The topological polar surface area (TPSA) is 101 Å². The summed E-state index contributed by atoms with van der Waals surface area (Å²) in [6, 6.07) is 15.5. The number of carbonyl (C=O) groups is 3. The summed E-state index contributed by atoms with van der Waals surface area (Å²) >= 11 is 0. The van der Waals surface area contributed by atoms with E-state index in [-0.39, 0.29) is 24.0 Å². The van der Waals surface area contributed by atoms with Gasteiger partial charge < -0.3 is 15.2 Å². The average Bonchev–Trinajstić information content (AvgIpc) is 3.19. The number of ether oxygens (including phenoxy) is 1. The number of rotatable bonds is 4. The lowest BCUT2D eigenvalue weighted by Gasteiger charge is -2.29. The number of benzene rings is 2. The summed E-state index contributed by atoms with van der Waals surface area (Å²) in [6.45, 7) is 0. The van der Waals surface area contributed by atoms with E-state index in [4.69, 9.17) is 4.74 Å². The maximum absolute atomic E-state index is 13.1. The fourth-order valence-corrected chi connectivity index (χ4v) is 4.83. The summed E-state index contributed by atoms with van der Waals surface area (Å²) in [5, 5.41) is 11.4. The molecule has 0 radical (unpaired) electrons. The van der Waals surface area contributed by atoms with Gasteiger partial charge in [-0.1, -0.05) is 30.3 Å². The van der Waals surface area contributed by atoms with Crippen LogP contribution in [0.2, 0.25) is 0 Å². The summed E-state index contributed by atoms with van der Waals surface area (Å²) in [4.78, 5) is 40.3. The molecule has 0 bridgehead atoms. The monoisotopic (exact) mass is 395 g/mol. The Morgan fingerprint density at radius 3 is 2.38 bits per heavy atom. The molecule has 150 valence electrons. The fourth-order valence-electron chi connectivity index (χ4n) is 4.83. The zero-order chi connectivity index (χ0) is 20.8. The van der Waals surface area contributed by atoms with E-state index >= 15 is 0 Å². The highest BCUT2D eigenvalue weighted by molar-refractivity contribution is 6.08. The number of esters is 1. The normalized spacial score (nSPS) is 28.5. The minimum Gasteiger partial charge on any atom is -0.508 e. The Morgan fingerprint density at radius 1 is 1.10 bits per heavy atom. The molecular formula is C22H23N2O5+. The number of phenols is 1. The molecule has 2 aromatic rings. The van der Waals surface area contributed by atoms with Gasteiger partial charge in [-0.3, -0.25) is 14.5 Å². The smallest absolute Gasteiger partial charge is 0.369 e. The second-order valence-electron chi connectivity index (χ2n) is 7.72. The van der Waals surface area contributed by atoms with Crippen LogP contribution >= 0.6 is 0 Å². The van der Waals surface area contributed by atoms with Crippen LogP contribution in [0.4, 0.5) is 0 Å². The third-order valence-electron chi connectivity index (χ3n) is 6.17. The molecule has 0 aliphatic carbocycles. The van der Waals surface area contributed by atoms with Crippen molar-refractivity contribution in [3.05, 3.63) is 65.7 Å². The third-order valence-corrected chi connectivity index (χ3v) is 6.17. The number of likely N-dealkylation sites (tertiary alicyclic amines) is 1. The van der Waals surface area contributed by atoms with Gasteiger partial charge in [0.1, 0.15) is 23.6 Å². The quantitative estimate of drug-likeness (QED) is 0.576. The van der Waals surface area contributed by atoms with Gasteiger partial charge in [0.05, 0.1) is 7.11 Å². The number of amides is 2. The molecule has 4 rings (SSSR count). The van der Waals surface area contributed by atoms with Gasteiger partial charge in [-0.15, -0.1) is 0 Å². The summed E-state index contributed by atoms with van der Waals surface area (Å²) in [7, 11) is 2.76. The van der Waals surface area contributed by atoms with E-state index in [2.05, 4.69) is 0 Å². The van der Waals surface area contributed by atoms with Crippen molar-refractivity contribution in [1.82, 2.24) is 4.90 Å². The first-order chi connectivity index (χ1) is 13.9. The molecule has 0 spiro atoms. The highest BCUT2D eigenvalue weighted by atomic mass is 16.5. The number of aromatic hydroxyl groups is 1. The summed E-state index contributed by atoms with van der Waals surface area (Å²) in [5.41, 5.74) is 0.406. The van der Waals surface area contributed by atoms with E-state index in [1.807, 2.05) is 35.6 Å². The zero-order valence-electron chi connectivity index (χ0n) is 16.2. The SMILES string of the molecule is COC(=O)[C@]1(Cc2ccccc2)[NH2+][C@@H](c2ccc(O)cc2)[C@@H]2C(=O)N(C)C(=O)[C@H]21. The number of methoxy groups -OCH3 is 1. The first-order valence-corrected chi connectivity index (χ1v) is 9.48. The van der Waals surface area contributed by atoms with Crippen LogP contribution in [0.1, 0.15) is 17.2 Å². The molecular weight excluding hydrogens is 372 g/mol. The number of phenolic OH excluding ortho intramolecular Hbond substituents is 1. The predicted molar refractivity (Wildman–Crippen MR) is 102 cm³/mol. The molecule has 0 aromatic heterocycles. The van der Waals surface area contributed by atoms with Crippen LogP contribution in [0.3, 0.4) is 0 Å². The molecule has 29 heavy (non-hydrogen) atoms. The maximum Gasteiger partial charge on any atom is 0.369 e. The lowest BCUT2D eigenvalue weighted by atomic mass is 9.76. The average molecular weight is 395 g/mol. The van der Waals surface area contributed by atoms with Gasteiger partial charge in [0, 0.05) is 19.0 Å². The number of nitrogens with zero attached hydrogens (tertiary/aromatic N) is 1. The minimum absolute atomic E-state index is 0.109. The van der Waals surface area contributed by atoms with Gasteiger partial charge in [0.15, 0.2) is 0 Å². The second kappa shape index (κ2) is 7.00. The maximum atomic E-state index is 13.1. The third kappa shape index (κ3) is 2.89. The van der Waals surface area contributed by atoms with E-state index in [1.54, 1.807) is 24.3 Å². The van der Waals surface area contributed by atoms with Crippen molar-refractivity contribution >= 4 is 17.8 Å². The van der Waals surface area contributed by atoms with Crippen molar-refractivity contribution in [3.8, 4) is 5.75 Å². The molecule has 2 fully saturated rings. The van der Waals surface area contributed by atoms with E-state index in [0.29, 0.717) is 0 Å². The zero-order valence-corrected chi connectivity index (χ0v) is 16.2. The molecule has 2 amide bonds. The van der Waals surface area contributed by atoms with Crippen LogP contribution in [0, 0.1) is 11.8 Å². The summed E-state index contributed by atoms with van der Waals surface area (Å²) in [5.74, 6) is -2.58. The second-order valence-corrected chi connectivity index (χ2v) is 7.72. The van der Waals surface area contributed by atoms with Crippen molar-refractivity contribution in [2.75, 3.05) is 14.2 Å². The molecule has 2 heterocycles. The van der Waals surface area contributed by atoms with Crippen molar-refractivity contribution in [1.29, 1.82) is 0 Å². The van der Waals surface area contributed by atoms with E-state index in [9.17, 15) is 19.5 Å². The predicted octanol–water partition coefficient (Wildman–Crippen LogP) is 0.396. The van der Waals surface area contributed by atoms with Gasteiger partial charge in [-0.05, 0) is 29.8 Å². The van der Waals surface area contributed by atoms with Gasteiger partial charge in [-0.25, -0.2) is 4.79 Å². The molecule has 0 saturated carbocycles. The highest BCUT2D eigenvalue weighted by Gasteiger charge is 2.71. The summed E-state index contributed by atoms with van der Waals surface area (Å²) in [6.07, 6.45) is 0.267. The van der Waals surface area contributed by atoms with Crippen molar-refractivity contribution < 1.29 is 29.5 Å². The van der Waals surface area contributed by atoms with Crippen molar-refractivity contribution in [2.24, 2.45) is 11.8 Å². The molecule has 3 N–H and O–H groups in total. The van der Waals surface area contributed by atoms with Crippen LogP contribution in [0.5, 0.6) is 5.75 Å². The van der Waals surface area contributed by atoms with Crippen LogP contribution in [0.15, 0.2) is 54.6 Å². The molecule has 2 saturated heterocycles. The lowest BCUT2D eigenvalue weighted by Crippen LogP contribution is -2.98. The molecule has 7 nitrogen and oxygen atoms in total. The number of hydrogen-bond acceptors (Lipinski definition) is 5. The van der Waals surface area contributed by atoms with E-state index < -0.39 is 29.4 Å². The fraction of sp³-hybridized carbons (Fsp3) is 0.318. The van der Waals surface area contributed by atoms with E-state index in [0.717, 1.165) is 16.0 Å². The van der Waals surface area contributed by atoms with Crippen LogP contribution in [0.25, 0.3) is 0 Å². The molecule has 2 aromatic carbocycles. The van der Waals surface area contributed by atoms with Crippen LogP contribution in [-0.4, -0.2) is 47.5 Å². The molecule has 7 heteroatoms. The van der Waals surface area contributed by atoms with Crippen LogP contribution in [-0.2, 0) is 25.5 Å².